The van der Waals surface area contributed by atoms with E-state index in [9.17, 15) is 123 Å². The predicted molar refractivity (Wildman–Crippen MR) is 88.0 cm³/mol. The van der Waals surface area contributed by atoms with Crippen molar-refractivity contribution in [1.29, 1.82) is 0 Å². The summed E-state index contributed by atoms with van der Waals surface area (Å²) < 4.78 is 373. The lowest BCUT2D eigenvalue weighted by atomic mass is 9.84. The predicted octanol–water partition coefficient (Wildman–Crippen LogP) is 8.67. The van der Waals surface area contributed by atoms with Crippen LogP contribution in [0.5, 0.6) is 0 Å². The third-order valence-electron chi connectivity index (χ3n) is 5.43. The van der Waals surface area contributed by atoms with Gasteiger partial charge in [0, 0.05) is 6.42 Å². The lowest BCUT2D eigenvalue weighted by molar-refractivity contribution is -0.485. The normalized spacial score (nSPS) is 17.0. The highest BCUT2D eigenvalue weighted by Gasteiger charge is 3.00. The Hall–Kier alpha value is -1.78. The van der Waals surface area contributed by atoms with Crippen molar-refractivity contribution in [3.8, 4) is 0 Å². The quantitative estimate of drug-likeness (QED) is 0.129. The second-order valence-electron chi connectivity index (χ2n) is 8.59. The topological polar surface area (TPSA) is 66.8 Å². The molecule has 47 heavy (non-hydrogen) atoms. The summed E-state index contributed by atoms with van der Waals surface area (Å²) in [5.41, 5.74) is 0. The molecule has 0 aliphatic heterocycles. The van der Waals surface area contributed by atoms with E-state index in [4.69, 9.17) is 9.79 Å². The fourth-order valence-electron chi connectivity index (χ4n) is 2.63. The van der Waals surface area contributed by atoms with Gasteiger partial charge >= 0.3 is 85.1 Å². The average molecular weight is 794 g/mol. The molecule has 0 unspecified atom stereocenters. The Morgan fingerprint density at radius 3 is 0.745 bits per heavy atom. The Morgan fingerprint density at radius 2 is 0.553 bits per heavy atom. The van der Waals surface area contributed by atoms with Crippen LogP contribution in [0.4, 0.5) is 119 Å². The molecule has 0 aromatic carbocycles. The van der Waals surface area contributed by atoms with Crippen molar-refractivity contribution >= 4 is 7.82 Å². The smallest absolute Gasteiger partial charge is 0.303 e. The van der Waals surface area contributed by atoms with Crippen LogP contribution in [0.1, 0.15) is 6.42 Å². The van der Waals surface area contributed by atoms with Crippen LogP contribution >= 0.6 is 7.82 Å². The van der Waals surface area contributed by atoms with E-state index in [1.807, 2.05) is 0 Å². The molecule has 0 saturated heterocycles. The van der Waals surface area contributed by atoms with Crippen molar-refractivity contribution in [2.45, 2.75) is 83.7 Å². The van der Waals surface area contributed by atoms with Crippen LogP contribution in [-0.2, 0) is 9.09 Å². The number of phosphoric acid groups is 1. The minimum Gasteiger partial charge on any atom is -0.303 e. The Kier molecular flexibility index (Phi) is 10.9. The summed E-state index contributed by atoms with van der Waals surface area (Å²) in [5.74, 6) is -111. The van der Waals surface area contributed by atoms with Gasteiger partial charge in [-0.05, 0) is 0 Å². The number of hydrogen-bond donors (Lipinski definition) is 2. The van der Waals surface area contributed by atoms with E-state index < -0.39 is 98.1 Å². The number of halogens is 27. The first-order chi connectivity index (χ1) is 19.7. The van der Waals surface area contributed by atoms with Gasteiger partial charge in [0.15, 0.2) is 0 Å². The zero-order valence-electron chi connectivity index (χ0n) is 20.3. The molecule has 0 fully saturated rings. The molecular formula is C15H6F27O4P. The van der Waals surface area contributed by atoms with Gasteiger partial charge in [0.05, 0.1) is 6.61 Å². The number of hydrogen-bond acceptors (Lipinski definition) is 2. The average Bonchev–Trinajstić information content (AvgIpc) is 2.80. The molecule has 0 aromatic rings. The van der Waals surface area contributed by atoms with E-state index in [0.29, 0.717) is 0 Å². The molecule has 0 radical (unpaired) electrons. The number of phosphoric ester groups is 1. The summed E-state index contributed by atoms with van der Waals surface area (Å²) in [5, 5.41) is 0. The van der Waals surface area contributed by atoms with Crippen LogP contribution in [0.3, 0.4) is 0 Å². The molecule has 0 saturated carbocycles. The second-order valence-corrected chi connectivity index (χ2v) is 9.83. The molecule has 0 heterocycles. The molecule has 0 aliphatic rings. The van der Waals surface area contributed by atoms with Gasteiger partial charge in [-0.15, -0.1) is 0 Å². The van der Waals surface area contributed by atoms with Gasteiger partial charge < -0.3 is 9.79 Å². The maximum Gasteiger partial charge on any atom is 0.469 e. The largest absolute Gasteiger partial charge is 0.469 e. The first-order valence-electron chi connectivity index (χ1n) is 10.0. The number of rotatable bonds is 15. The van der Waals surface area contributed by atoms with E-state index in [0.717, 1.165) is 0 Å². The first-order valence-corrected chi connectivity index (χ1v) is 11.5. The van der Waals surface area contributed by atoms with Gasteiger partial charge in [0.1, 0.15) is 0 Å². The molecule has 2 N–H and O–H groups in total. The molecule has 0 spiro atoms. The Balaban J connectivity index is 7.30. The second kappa shape index (κ2) is 11.4. The highest BCUT2D eigenvalue weighted by molar-refractivity contribution is 7.46. The van der Waals surface area contributed by atoms with Crippen molar-refractivity contribution in [3.05, 3.63) is 0 Å². The maximum absolute atomic E-state index is 13.7. The van der Waals surface area contributed by atoms with E-state index in [-0.39, 0.29) is 0 Å². The lowest BCUT2D eigenvalue weighted by Crippen LogP contribution is -2.78. The van der Waals surface area contributed by atoms with Gasteiger partial charge in [-0.25, -0.2) is 4.57 Å². The van der Waals surface area contributed by atoms with Crippen molar-refractivity contribution in [1.82, 2.24) is 0 Å². The van der Waals surface area contributed by atoms with Crippen LogP contribution in [0.25, 0.3) is 0 Å². The van der Waals surface area contributed by atoms with E-state index in [1.54, 1.807) is 0 Å². The summed E-state index contributed by atoms with van der Waals surface area (Å²) in [4.78, 5) is 16.2. The van der Waals surface area contributed by atoms with E-state index in [1.165, 1.54) is 0 Å². The zero-order valence-corrected chi connectivity index (χ0v) is 21.2. The molecule has 284 valence electrons. The molecule has 0 atom stereocenters. The van der Waals surface area contributed by atoms with E-state index >= 15 is 0 Å². The zero-order chi connectivity index (χ0) is 39.1. The summed E-state index contributed by atoms with van der Waals surface area (Å²) in [6.07, 6.45) is -11.7. The Bertz CT molecular complexity index is 1180. The van der Waals surface area contributed by atoms with Gasteiger partial charge in [-0.2, -0.15) is 119 Å². The summed E-state index contributed by atoms with van der Waals surface area (Å²) in [6, 6.07) is 0. The number of alkyl halides is 27. The summed E-state index contributed by atoms with van der Waals surface area (Å²) in [6.45, 7) is -2.67. The highest BCUT2D eigenvalue weighted by atomic mass is 31.2. The summed E-state index contributed by atoms with van der Waals surface area (Å²) >= 11 is 0. The van der Waals surface area contributed by atoms with Gasteiger partial charge in [-0.1, -0.05) is 0 Å². The molecule has 32 heteroatoms. The molecule has 0 aromatic heterocycles. The maximum atomic E-state index is 13.7. The van der Waals surface area contributed by atoms with Crippen LogP contribution in [-0.4, -0.2) is 93.6 Å². The standard InChI is InChI=1S/C15H6F27O4P/c16-3(17,1-2-46-47(43,44)45)4(18,19)5(20,21)6(22,23)7(24,25)8(26,27)9(28,29)10(30,31)11(32,33)12(34,35)13(36,37)14(38,39)15(40,41)42/h1-2H2,(H2,43,44,45). The first kappa shape index (κ1) is 45.2. The fraction of sp³-hybridized carbons (Fsp3) is 1.00. The fourth-order valence-corrected chi connectivity index (χ4v) is 2.96. The van der Waals surface area contributed by atoms with Crippen molar-refractivity contribution in [2.75, 3.05) is 6.61 Å². The molecular weight excluding hydrogens is 788 g/mol. The Labute approximate surface area is 237 Å². The minimum absolute atomic E-state index is 2.67. The molecule has 0 bridgehead atoms. The highest BCUT2D eigenvalue weighted by Crippen LogP contribution is 2.68. The van der Waals surface area contributed by atoms with Crippen molar-refractivity contribution in [2.24, 2.45) is 0 Å². The van der Waals surface area contributed by atoms with Crippen LogP contribution < -0.4 is 0 Å². The molecule has 0 aliphatic carbocycles. The van der Waals surface area contributed by atoms with Crippen LogP contribution in [0.15, 0.2) is 0 Å². The molecule has 0 rings (SSSR count). The molecule has 4 nitrogen and oxygen atoms in total. The minimum atomic E-state index is -9.85. The third-order valence-corrected chi connectivity index (χ3v) is 5.95. The lowest BCUT2D eigenvalue weighted by Gasteiger charge is -2.46. The Morgan fingerprint density at radius 1 is 0.362 bits per heavy atom. The van der Waals surface area contributed by atoms with Crippen LogP contribution in [0, 0.1) is 0 Å². The SMILES string of the molecule is O=P(O)(O)OCCC(F)(F)C(F)(F)C(F)(F)C(F)(F)C(F)(F)C(F)(F)C(F)(F)C(F)(F)C(F)(F)C(F)(F)C(F)(F)C(F)(F)C(F)(F)F. The summed E-state index contributed by atoms with van der Waals surface area (Å²) in [7, 11) is -6.06. The van der Waals surface area contributed by atoms with Crippen molar-refractivity contribution < 1.29 is 137 Å². The monoisotopic (exact) mass is 794 g/mol. The van der Waals surface area contributed by atoms with E-state index in [2.05, 4.69) is 4.52 Å². The van der Waals surface area contributed by atoms with Crippen molar-refractivity contribution in [3.63, 3.8) is 0 Å². The molecule has 0 amide bonds. The van der Waals surface area contributed by atoms with Gasteiger partial charge in [-0.3, -0.25) is 4.52 Å². The van der Waals surface area contributed by atoms with Gasteiger partial charge in [0.2, 0.25) is 0 Å². The van der Waals surface area contributed by atoms with Crippen LogP contribution in [0.2, 0.25) is 0 Å². The third kappa shape index (κ3) is 6.04. The van der Waals surface area contributed by atoms with Gasteiger partial charge in [0.25, 0.3) is 0 Å².